The average Bonchev–Trinajstić information content (AvgIpc) is 3.10. The largest absolute Gasteiger partial charge is 0.465 e. The summed E-state index contributed by atoms with van der Waals surface area (Å²) < 4.78 is 5.20. The van der Waals surface area contributed by atoms with E-state index >= 15 is 0 Å². The van der Waals surface area contributed by atoms with Gasteiger partial charge >= 0.3 is 5.97 Å². The molecule has 33 heavy (non-hydrogen) atoms. The number of thioether (sulfide) groups is 1. The Labute approximate surface area is 202 Å². The molecular formula is C25H24N2O4S2. The van der Waals surface area contributed by atoms with E-state index in [-0.39, 0.29) is 11.8 Å². The van der Waals surface area contributed by atoms with Gasteiger partial charge in [-0.3, -0.25) is 14.5 Å². The number of nitrogens with zero attached hydrogens (tertiary/aromatic N) is 2. The minimum absolute atomic E-state index is 0.0776. The number of anilines is 1. The first kappa shape index (κ1) is 23.2. The molecule has 0 atom stereocenters. The number of benzene rings is 2. The van der Waals surface area contributed by atoms with E-state index in [0.717, 1.165) is 30.6 Å². The SMILES string of the molecule is COC(=O)c1ccc(/C=C2\SC(=S)N(CCCC(=O)N3CCCc4ccccc43)C2=O)cc1. The van der Waals surface area contributed by atoms with Crippen molar-refractivity contribution in [3.8, 4) is 0 Å². The van der Waals surface area contributed by atoms with E-state index in [9.17, 15) is 14.4 Å². The molecule has 170 valence electrons. The van der Waals surface area contributed by atoms with Crippen LogP contribution >= 0.6 is 24.0 Å². The highest BCUT2D eigenvalue weighted by atomic mass is 32.2. The number of esters is 1. The summed E-state index contributed by atoms with van der Waals surface area (Å²) in [6.45, 7) is 1.14. The number of fused-ring (bicyclic) bond motifs is 1. The number of aryl methyl sites for hydroxylation is 1. The molecule has 0 radical (unpaired) electrons. The summed E-state index contributed by atoms with van der Waals surface area (Å²) in [4.78, 5) is 41.2. The summed E-state index contributed by atoms with van der Waals surface area (Å²) in [5, 5.41) is 0. The molecule has 2 aliphatic heterocycles. The zero-order chi connectivity index (χ0) is 23.4. The average molecular weight is 481 g/mol. The van der Waals surface area contributed by atoms with Crippen LogP contribution in [0.3, 0.4) is 0 Å². The minimum atomic E-state index is -0.407. The Bertz CT molecular complexity index is 1130. The molecule has 0 saturated carbocycles. The van der Waals surface area contributed by atoms with Crippen molar-refractivity contribution in [1.29, 1.82) is 0 Å². The molecule has 8 heteroatoms. The van der Waals surface area contributed by atoms with E-state index in [2.05, 4.69) is 6.07 Å². The number of methoxy groups -OCH3 is 1. The minimum Gasteiger partial charge on any atom is -0.465 e. The van der Waals surface area contributed by atoms with Crippen molar-refractivity contribution in [2.75, 3.05) is 25.1 Å². The number of hydrogen-bond donors (Lipinski definition) is 0. The van der Waals surface area contributed by atoms with Gasteiger partial charge in [0.15, 0.2) is 0 Å². The number of amides is 2. The normalized spacial score (nSPS) is 16.8. The molecule has 6 nitrogen and oxygen atoms in total. The van der Waals surface area contributed by atoms with Crippen molar-refractivity contribution in [2.24, 2.45) is 0 Å². The van der Waals surface area contributed by atoms with Gasteiger partial charge in [0.05, 0.1) is 17.6 Å². The van der Waals surface area contributed by atoms with Crippen LogP contribution in [0.15, 0.2) is 53.4 Å². The van der Waals surface area contributed by atoms with E-state index in [1.54, 1.807) is 35.2 Å². The third kappa shape index (κ3) is 5.17. The monoisotopic (exact) mass is 480 g/mol. The second kappa shape index (κ2) is 10.3. The Kier molecular flexibility index (Phi) is 7.25. The standard InChI is InChI=1S/C25H24N2O4S2/c1-31-24(30)19-12-10-17(11-13-19)16-21-23(29)27(25(32)33-21)15-5-9-22(28)26-14-4-7-18-6-2-3-8-20(18)26/h2-3,6,8,10-13,16H,4-5,7,9,14-15H2,1H3/b21-16-. The summed E-state index contributed by atoms with van der Waals surface area (Å²) in [7, 11) is 1.33. The lowest BCUT2D eigenvalue weighted by atomic mass is 10.0. The van der Waals surface area contributed by atoms with E-state index in [1.807, 2.05) is 23.1 Å². The maximum atomic E-state index is 12.9. The summed E-state index contributed by atoms with van der Waals surface area (Å²) in [5.74, 6) is -0.484. The summed E-state index contributed by atoms with van der Waals surface area (Å²) in [5.41, 5.74) is 3.45. The second-order valence-corrected chi connectivity index (χ2v) is 9.50. The molecule has 0 aromatic heterocycles. The number of para-hydroxylation sites is 1. The first-order valence-electron chi connectivity index (χ1n) is 10.8. The zero-order valence-electron chi connectivity index (χ0n) is 18.3. The van der Waals surface area contributed by atoms with Crippen LogP contribution in [-0.2, 0) is 20.7 Å². The smallest absolute Gasteiger partial charge is 0.337 e. The lowest BCUT2D eigenvalue weighted by Crippen LogP contribution is -2.36. The number of rotatable bonds is 6. The van der Waals surface area contributed by atoms with Gasteiger partial charge < -0.3 is 9.64 Å². The van der Waals surface area contributed by atoms with E-state index < -0.39 is 5.97 Å². The molecule has 0 spiro atoms. The summed E-state index contributed by atoms with van der Waals surface area (Å²) in [6.07, 6.45) is 4.62. The van der Waals surface area contributed by atoms with Crippen LogP contribution in [0.4, 0.5) is 5.69 Å². The van der Waals surface area contributed by atoms with Crippen molar-refractivity contribution < 1.29 is 19.1 Å². The fourth-order valence-electron chi connectivity index (χ4n) is 3.99. The topological polar surface area (TPSA) is 66.9 Å². The fourth-order valence-corrected chi connectivity index (χ4v) is 5.30. The molecule has 4 rings (SSSR count). The Balaban J connectivity index is 1.35. The molecule has 0 unspecified atom stereocenters. The van der Waals surface area contributed by atoms with Gasteiger partial charge in [-0.05, 0) is 54.7 Å². The van der Waals surface area contributed by atoms with Crippen LogP contribution in [-0.4, -0.2) is 47.2 Å². The van der Waals surface area contributed by atoms with E-state index in [1.165, 1.54) is 24.4 Å². The highest BCUT2D eigenvalue weighted by Crippen LogP contribution is 2.33. The Hall–Kier alpha value is -2.97. The third-order valence-corrected chi connectivity index (χ3v) is 7.06. The van der Waals surface area contributed by atoms with Gasteiger partial charge in [-0.15, -0.1) is 0 Å². The Morgan fingerprint density at radius 2 is 1.91 bits per heavy atom. The molecule has 2 amide bonds. The zero-order valence-corrected chi connectivity index (χ0v) is 19.9. The number of carbonyl (C=O) groups excluding carboxylic acids is 3. The first-order valence-corrected chi connectivity index (χ1v) is 12.0. The Morgan fingerprint density at radius 1 is 1.15 bits per heavy atom. The maximum absolute atomic E-state index is 12.9. The summed E-state index contributed by atoms with van der Waals surface area (Å²) in [6, 6.07) is 14.9. The predicted octanol–water partition coefficient (Wildman–Crippen LogP) is 4.43. The Morgan fingerprint density at radius 3 is 2.67 bits per heavy atom. The van der Waals surface area contributed by atoms with Crippen LogP contribution in [0.25, 0.3) is 6.08 Å². The maximum Gasteiger partial charge on any atom is 0.337 e. The van der Waals surface area contributed by atoms with Gasteiger partial charge in [0.1, 0.15) is 4.32 Å². The highest BCUT2D eigenvalue weighted by molar-refractivity contribution is 8.26. The van der Waals surface area contributed by atoms with Crippen molar-refractivity contribution in [1.82, 2.24) is 4.90 Å². The molecule has 0 bridgehead atoms. The molecule has 2 aromatic rings. The molecule has 2 aromatic carbocycles. The van der Waals surface area contributed by atoms with Gasteiger partial charge in [-0.25, -0.2) is 4.79 Å². The number of thiocarbonyl (C=S) groups is 1. The molecule has 2 heterocycles. The number of carbonyl (C=O) groups is 3. The van der Waals surface area contributed by atoms with Gasteiger partial charge in [-0.1, -0.05) is 54.3 Å². The van der Waals surface area contributed by atoms with Crippen molar-refractivity contribution >= 4 is 57.8 Å². The molecule has 2 aliphatic rings. The lowest BCUT2D eigenvalue weighted by molar-refractivity contribution is -0.123. The highest BCUT2D eigenvalue weighted by Gasteiger charge is 2.32. The quantitative estimate of drug-likeness (QED) is 0.346. The fraction of sp³-hybridized carbons (Fsp3) is 0.280. The molecular weight excluding hydrogens is 456 g/mol. The lowest BCUT2D eigenvalue weighted by Gasteiger charge is -2.29. The van der Waals surface area contributed by atoms with Gasteiger partial charge in [0.2, 0.25) is 5.91 Å². The number of hydrogen-bond acceptors (Lipinski definition) is 6. The molecule has 1 fully saturated rings. The third-order valence-electron chi connectivity index (χ3n) is 5.69. The van der Waals surface area contributed by atoms with Gasteiger partial charge in [0, 0.05) is 25.2 Å². The summed E-state index contributed by atoms with van der Waals surface area (Å²) >= 11 is 6.66. The van der Waals surface area contributed by atoms with E-state index in [0.29, 0.717) is 34.2 Å². The van der Waals surface area contributed by atoms with Crippen molar-refractivity contribution in [2.45, 2.75) is 25.7 Å². The molecule has 1 saturated heterocycles. The van der Waals surface area contributed by atoms with Crippen LogP contribution < -0.4 is 4.90 Å². The van der Waals surface area contributed by atoms with Crippen LogP contribution in [0.5, 0.6) is 0 Å². The van der Waals surface area contributed by atoms with Gasteiger partial charge in [-0.2, -0.15) is 0 Å². The van der Waals surface area contributed by atoms with Crippen LogP contribution in [0.1, 0.15) is 40.7 Å². The van der Waals surface area contributed by atoms with Crippen LogP contribution in [0.2, 0.25) is 0 Å². The first-order chi connectivity index (χ1) is 16.0. The molecule has 0 N–H and O–H groups in total. The second-order valence-electron chi connectivity index (χ2n) is 7.83. The molecule has 0 aliphatic carbocycles. The van der Waals surface area contributed by atoms with Crippen molar-refractivity contribution in [3.05, 3.63) is 70.1 Å². The number of ether oxygens (including phenoxy) is 1. The van der Waals surface area contributed by atoms with E-state index in [4.69, 9.17) is 17.0 Å². The van der Waals surface area contributed by atoms with Crippen LogP contribution in [0, 0.1) is 0 Å². The van der Waals surface area contributed by atoms with Gasteiger partial charge in [0.25, 0.3) is 5.91 Å². The predicted molar refractivity (Wildman–Crippen MR) is 134 cm³/mol. The van der Waals surface area contributed by atoms with Crippen molar-refractivity contribution in [3.63, 3.8) is 0 Å².